The largest absolute Gasteiger partial charge is 0.416 e. The molecule has 0 fully saturated rings. The predicted molar refractivity (Wildman–Crippen MR) is 92.2 cm³/mol. The fraction of sp³-hybridized carbons (Fsp3) is 0.316. The van der Waals surface area contributed by atoms with Gasteiger partial charge in [0.25, 0.3) is 0 Å². The van der Waals surface area contributed by atoms with Gasteiger partial charge >= 0.3 is 6.18 Å². The van der Waals surface area contributed by atoms with E-state index < -0.39 is 11.7 Å². The third kappa shape index (κ3) is 3.69. The highest BCUT2D eigenvalue weighted by Crippen LogP contribution is 2.30. The van der Waals surface area contributed by atoms with Crippen LogP contribution in [0.3, 0.4) is 0 Å². The number of fused-ring (bicyclic) bond motifs is 1. The SMILES string of the molecule is Cc1nc2c(C(C)N(C)Cc3ccc(C(F)(F)F)cc3)cccc2[nH]1. The van der Waals surface area contributed by atoms with Crippen LogP contribution < -0.4 is 0 Å². The maximum absolute atomic E-state index is 12.7. The van der Waals surface area contributed by atoms with Crippen LogP contribution in [0.5, 0.6) is 0 Å². The monoisotopic (exact) mass is 347 g/mol. The van der Waals surface area contributed by atoms with Crippen LogP contribution in [-0.4, -0.2) is 21.9 Å². The predicted octanol–water partition coefficient (Wildman–Crippen LogP) is 5.08. The van der Waals surface area contributed by atoms with Crippen LogP contribution in [0, 0.1) is 6.92 Å². The maximum Gasteiger partial charge on any atom is 0.416 e. The number of rotatable bonds is 4. The zero-order chi connectivity index (χ0) is 18.2. The summed E-state index contributed by atoms with van der Waals surface area (Å²) >= 11 is 0. The molecule has 0 aliphatic rings. The molecule has 0 saturated carbocycles. The first-order valence-electron chi connectivity index (χ1n) is 8.07. The van der Waals surface area contributed by atoms with Crippen molar-refractivity contribution < 1.29 is 13.2 Å². The van der Waals surface area contributed by atoms with E-state index in [-0.39, 0.29) is 6.04 Å². The summed E-state index contributed by atoms with van der Waals surface area (Å²) in [7, 11) is 1.96. The van der Waals surface area contributed by atoms with E-state index in [4.69, 9.17) is 0 Å². The standard InChI is InChI=1S/C19H20F3N3/c1-12(16-5-4-6-17-18(16)24-13(2)23-17)25(3)11-14-7-9-15(10-8-14)19(20,21)22/h4-10,12H,11H2,1-3H3,(H,23,24). The number of H-pyrrole nitrogens is 1. The van der Waals surface area contributed by atoms with Crippen molar-refractivity contribution in [3.63, 3.8) is 0 Å². The number of nitrogens with one attached hydrogen (secondary N) is 1. The van der Waals surface area contributed by atoms with E-state index in [1.807, 2.05) is 32.2 Å². The number of para-hydroxylation sites is 1. The van der Waals surface area contributed by atoms with Gasteiger partial charge in [-0.2, -0.15) is 13.2 Å². The number of imidazole rings is 1. The van der Waals surface area contributed by atoms with Crippen molar-refractivity contribution in [1.82, 2.24) is 14.9 Å². The number of alkyl halides is 3. The van der Waals surface area contributed by atoms with E-state index in [2.05, 4.69) is 21.8 Å². The molecule has 0 amide bonds. The molecule has 3 aromatic rings. The third-order valence-corrected chi connectivity index (χ3v) is 4.49. The summed E-state index contributed by atoms with van der Waals surface area (Å²) in [5, 5.41) is 0. The number of aromatic nitrogens is 2. The Hall–Kier alpha value is -2.34. The molecule has 0 spiro atoms. The van der Waals surface area contributed by atoms with Crippen molar-refractivity contribution in [2.24, 2.45) is 0 Å². The number of hydrogen-bond acceptors (Lipinski definition) is 2. The summed E-state index contributed by atoms with van der Waals surface area (Å²) < 4.78 is 38.0. The van der Waals surface area contributed by atoms with E-state index in [1.165, 1.54) is 12.1 Å². The van der Waals surface area contributed by atoms with Gasteiger partial charge in [-0.1, -0.05) is 24.3 Å². The normalized spacial score (nSPS) is 13.6. The number of aryl methyl sites for hydroxylation is 1. The van der Waals surface area contributed by atoms with Crippen molar-refractivity contribution in [1.29, 1.82) is 0 Å². The molecule has 0 radical (unpaired) electrons. The quantitative estimate of drug-likeness (QED) is 0.713. The number of benzene rings is 2. The van der Waals surface area contributed by atoms with Gasteiger partial charge in [0.1, 0.15) is 5.82 Å². The summed E-state index contributed by atoms with van der Waals surface area (Å²) in [5.74, 6) is 0.861. The molecule has 2 aromatic carbocycles. The van der Waals surface area contributed by atoms with Crippen LogP contribution in [-0.2, 0) is 12.7 Å². The fourth-order valence-corrected chi connectivity index (χ4v) is 2.98. The number of nitrogens with zero attached hydrogens (tertiary/aromatic N) is 2. The van der Waals surface area contributed by atoms with Crippen molar-refractivity contribution in [3.8, 4) is 0 Å². The molecule has 3 nitrogen and oxygen atoms in total. The van der Waals surface area contributed by atoms with E-state index >= 15 is 0 Å². The first kappa shape index (κ1) is 17.5. The number of aromatic amines is 1. The first-order chi connectivity index (χ1) is 11.8. The van der Waals surface area contributed by atoms with Crippen LogP contribution in [0.25, 0.3) is 11.0 Å². The average molecular weight is 347 g/mol. The minimum atomic E-state index is -4.30. The second kappa shape index (κ2) is 6.52. The lowest BCUT2D eigenvalue weighted by Crippen LogP contribution is -2.22. The average Bonchev–Trinajstić information content (AvgIpc) is 2.93. The topological polar surface area (TPSA) is 31.9 Å². The van der Waals surface area contributed by atoms with Gasteiger partial charge in [0, 0.05) is 12.6 Å². The van der Waals surface area contributed by atoms with Gasteiger partial charge in [0.15, 0.2) is 0 Å². The molecule has 1 unspecified atom stereocenters. The Balaban J connectivity index is 1.79. The summed E-state index contributed by atoms with van der Waals surface area (Å²) in [5.41, 5.74) is 3.24. The Bertz CT molecular complexity index is 866. The lowest BCUT2D eigenvalue weighted by Gasteiger charge is -2.25. The highest BCUT2D eigenvalue weighted by Gasteiger charge is 2.30. The number of hydrogen-bond donors (Lipinski definition) is 1. The summed E-state index contributed by atoms with van der Waals surface area (Å²) in [6.45, 7) is 4.54. The molecule has 0 aliphatic heterocycles. The summed E-state index contributed by atoms with van der Waals surface area (Å²) in [6.07, 6.45) is -4.30. The fourth-order valence-electron chi connectivity index (χ4n) is 2.98. The molecule has 6 heteroatoms. The van der Waals surface area contributed by atoms with Gasteiger partial charge in [-0.25, -0.2) is 4.98 Å². The molecule has 3 rings (SSSR count). The van der Waals surface area contributed by atoms with Gasteiger partial charge < -0.3 is 4.98 Å². The van der Waals surface area contributed by atoms with Gasteiger partial charge in [0.2, 0.25) is 0 Å². The number of halogens is 3. The van der Waals surface area contributed by atoms with Crippen molar-refractivity contribution in [2.75, 3.05) is 7.05 Å². The smallest absolute Gasteiger partial charge is 0.342 e. The molecule has 0 aliphatic carbocycles. The molecule has 1 heterocycles. The van der Waals surface area contributed by atoms with Crippen molar-refractivity contribution in [3.05, 3.63) is 65.0 Å². The van der Waals surface area contributed by atoms with Gasteiger partial charge in [-0.15, -0.1) is 0 Å². The Morgan fingerprint density at radius 1 is 1.12 bits per heavy atom. The zero-order valence-electron chi connectivity index (χ0n) is 14.4. The second-order valence-corrected chi connectivity index (χ2v) is 6.35. The summed E-state index contributed by atoms with van der Waals surface area (Å²) in [4.78, 5) is 9.88. The Labute approximate surface area is 144 Å². The lowest BCUT2D eigenvalue weighted by molar-refractivity contribution is -0.137. The minimum Gasteiger partial charge on any atom is -0.342 e. The Kier molecular flexibility index (Phi) is 4.56. The lowest BCUT2D eigenvalue weighted by atomic mass is 10.0. The van der Waals surface area contributed by atoms with Crippen LogP contribution in [0.1, 0.15) is 35.5 Å². The van der Waals surface area contributed by atoms with Crippen molar-refractivity contribution in [2.45, 2.75) is 32.6 Å². The highest BCUT2D eigenvalue weighted by atomic mass is 19.4. The molecular formula is C19H20F3N3. The maximum atomic E-state index is 12.7. The Morgan fingerprint density at radius 3 is 2.44 bits per heavy atom. The van der Waals surface area contributed by atoms with Gasteiger partial charge in [0.05, 0.1) is 16.6 Å². The minimum absolute atomic E-state index is 0.0775. The first-order valence-corrected chi connectivity index (χ1v) is 8.07. The van der Waals surface area contributed by atoms with E-state index in [0.29, 0.717) is 6.54 Å². The molecule has 132 valence electrons. The Morgan fingerprint density at radius 2 is 1.80 bits per heavy atom. The molecule has 0 saturated heterocycles. The molecule has 0 bridgehead atoms. The second-order valence-electron chi connectivity index (χ2n) is 6.35. The van der Waals surface area contributed by atoms with Crippen LogP contribution in [0.15, 0.2) is 42.5 Å². The molecule has 1 N–H and O–H groups in total. The van der Waals surface area contributed by atoms with Gasteiger partial charge in [-0.3, -0.25) is 4.90 Å². The van der Waals surface area contributed by atoms with Crippen LogP contribution in [0.4, 0.5) is 13.2 Å². The molecule has 1 aromatic heterocycles. The van der Waals surface area contributed by atoms with E-state index in [1.54, 1.807) is 0 Å². The summed E-state index contributed by atoms with van der Waals surface area (Å²) in [6, 6.07) is 11.4. The zero-order valence-corrected chi connectivity index (χ0v) is 14.4. The third-order valence-electron chi connectivity index (χ3n) is 4.49. The van der Waals surface area contributed by atoms with Crippen molar-refractivity contribution >= 4 is 11.0 Å². The molecule has 25 heavy (non-hydrogen) atoms. The molecular weight excluding hydrogens is 327 g/mol. The van der Waals surface area contributed by atoms with E-state index in [9.17, 15) is 13.2 Å². The van der Waals surface area contributed by atoms with Crippen LogP contribution >= 0.6 is 0 Å². The van der Waals surface area contributed by atoms with Gasteiger partial charge in [-0.05, 0) is 50.2 Å². The van der Waals surface area contributed by atoms with Crippen LogP contribution in [0.2, 0.25) is 0 Å². The molecule has 1 atom stereocenters. The highest BCUT2D eigenvalue weighted by molar-refractivity contribution is 5.79. The van der Waals surface area contributed by atoms with E-state index in [0.717, 1.165) is 40.1 Å².